The lowest BCUT2D eigenvalue weighted by molar-refractivity contribution is -0.137. The van der Waals surface area contributed by atoms with Gasteiger partial charge in [-0.2, -0.15) is 0 Å². The van der Waals surface area contributed by atoms with Crippen molar-refractivity contribution >= 4 is 17.7 Å². The molecule has 0 aromatic heterocycles. The van der Waals surface area contributed by atoms with Crippen LogP contribution in [0.2, 0.25) is 0 Å². The van der Waals surface area contributed by atoms with Gasteiger partial charge in [-0.1, -0.05) is 37.3 Å². The van der Waals surface area contributed by atoms with Gasteiger partial charge in [0.25, 0.3) is 0 Å². The zero-order valence-corrected chi connectivity index (χ0v) is 19.6. The molecule has 0 bridgehead atoms. The minimum absolute atomic E-state index is 0.123. The maximum absolute atomic E-state index is 13.9. The summed E-state index contributed by atoms with van der Waals surface area (Å²) >= 11 is 0. The lowest BCUT2D eigenvalue weighted by Crippen LogP contribution is -2.22. The van der Waals surface area contributed by atoms with Crippen LogP contribution in [0.3, 0.4) is 0 Å². The van der Waals surface area contributed by atoms with Crippen LogP contribution in [0.25, 0.3) is 0 Å². The van der Waals surface area contributed by atoms with Gasteiger partial charge in [-0.15, -0.1) is 0 Å². The van der Waals surface area contributed by atoms with Crippen molar-refractivity contribution in [1.82, 2.24) is 0 Å². The van der Waals surface area contributed by atoms with E-state index < -0.39 is 29.8 Å². The Morgan fingerprint density at radius 2 is 1.86 bits per heavy atom. The molecule has 0 aliphatic heterocycles. The molecule has 2 rings (SSSR count). The normalized spacial score (nSPS) is 12.9. The zero-order chi connectivity index (χ0) is 25.6. The van der Waals surface area contributed by atoms with Crippen molar-refractivity contribution < 1.29 is 37.7 Å². The highest BCUT2D eigenvalue weighted by molar-refractivity contribution is 5.85. The van der Waals surface area contributed by atoms with Crippen LogP contribution in [0.5, 0.6) is 5.75 Å². The molecule has 188 valence electrons. The average molecular weight is 490 g/mol. The summed E-state index contributed by atoms with van der Waals surface area (Å²) in [6.07, 6.45) is 5.21. The Labute approximate surface area is 203 Å². The van der Waals surface area contributed by atoms with Crippen LogP contribution in [0.1, 0.15) is 31.9 Å². The largest absolute Gasteiger partial charge is 0.491 e. The molecule has 0 fully saturated rings. The van der Waals surface area contributed by atoms with Crippen molar-refractivity contribution in [2.24, 2.45) is 5.92 Å². The first-order chi connectivity index (χ1) is 16.8. The van der Waals surface area contributed by atoms with Gasteiger partial charge in [0.15, 0.2) is 0 Å². The molecular formula is C26H29F2NO6. The molecule has 0 heterocycles. The van der Waals surface area contributed by atoms with Gasteiger partial charge < -0.3 is 19.3 Å². The molecule has 0 aliphatic carbocycles. The molecule has 2 aromatic rings. The van der Waals surface area contributed by atoms with E-state index in [0.29, 0.717) is 23.8 Å². The van der Waals surface area contributed by atoms with Crippen LogP contribution in [0, 0.1) is 17.6 Å². The summed E-state index contributed by atoms with van der Waals surface area (Å²) < 4.78 is 42.9. The van der Waals surface area contributed by atoms with E-state index in [9.17, 15) is 18.4 Å². The third-order valence-corrected chi connectivity index (χ3v) is 4.76. The molecule has 0 saturated carbocycles. The number of carbonyl (C=O) groups is 2. The zero-order valence-electron chi connectivity index (χ0n) is 19.6. The number of benzene rings is 2. The standard InChI is InChI=1S/C26H29F2NO6/c1-3-33-24(31)8-6-4-5-7-18(2)25(19-9-12-21(13-10-19)34-16-15-30)35-26(32)29-23-14-11-20(27)17-22(23)28/h4-6,8-14,17-18,25,30H,3,7,15-16H2,1-2H3,(H,29,32)/b5-4+,8-6+/t18-,25-/m0/s1. The lowest BCUT2D eigenvalue weighted by atomic mass is 9.94. The first-order valence-corrected chi connectivity index (χ1v) is 11.1. The van der Waals surface area contributed by atoms with Crippen molar-refractivity contribution in [1.29, 1.82) is 0 Å². The second kappa shape index (κ2) is 14.5. The fraction of sp³-hybridized carbons (Fsp3) is 0.308. The number of nitrogens with one attached hydrogen (secondary N) is 1. The minimum Gasteiger partial charge on any atom is -0.491 e. The van der Waals surface area contributed by atoms with E-state index >= 15 is 0 Å². The van der Waals surface area contributed by atoms with E-state index in [1.807, 2.05) is 13.0 Å². The van der Waals surface area contributed by atoms with Crippen molar-refractivity contribution in [2.75, 3.05) is 25.1 Å². The van der Waals surface area contributed by atoms with E-state index in [1.54, 1.807) is 43.3 Å². The summed E-state index contributed by atoms with van der Waals surface area (Å²) in [6.45, 7) is 3.89. The first-order valence-electron chi connectivity index (χ1n) is 11.1. The number of hydrogen-bond acceptors (Lipinski definition) is 6. The Bertz CT molecular complexity index is 1020. The molecule has 0 spiro atoms. The van der Waals surface area contributed by atoms with Gasteiger partial charge >= 0.3 is 12.1 Å². The molecule has 0 radical (unpaired) electrons. The van der Waals surface area contributed by atoms with Gasteiger partial charge in [-0.3, -0.25) is 5.32 Å². The van der Waals surface area contributed by atoms with E-state index in [4.69, 9.17) is 19.3 Å². The number of esters is 1. The topological polar surface area (TPSA) is 94.1 Å². The summed E-state index contributed by atoms with van der Waals surface area (Å²) in [5, 5.41) is 11.2. The van der Waals surface area contributed by atoms with Crippen LogP contribution in [-0.4, -0.2) is 37.0 Å². The fourth-order valence-corrected chi connectivity index (χ4v) is 3.10. The second-order valence-electron chi connectivity index (χ2n) is 7.47. The molecule has 35 heavy (non-hydrogen) atoms. The van der Waals surface area contributed by atoms with E-state index in [2.05, 4.69) is 5.32 Å². The van der Waals surface area contributed by atoms with E-state index in [1.165, 1.54) is 6.08 Å². The first kappa shape index (κ1) is 27.5. The number of halogens is 2. The SMILES string of the molecule is CCOC(=O)/C=C/C=C/C[C@H](C)[C@H](OC(=O)Nc1ccc(F)cc1F)c1ccc(OCCO)cc1. The highest BCUT2D eigenvalue weighted by Crippen LogP contribution is 2.31. The predicted octanol–water partition coefficient (Wildman–Crippen LogP) is 5.33. The molecule has 1 amide bonds. The van der Waals surface area contributed by atoms with Gasteiger partial charge in [0.05, 0.1) is 18.9 Å². The molecule has 0 saturated heterocycles. The van der Waals surface area contributed by atoms with Gasteiger partial charge in [0.2, 0.25) is 0 Å². The summed E-state index contributed by atoms with van der Waals surface area (Å²) in [5.74, 6) is -1.81. The van der Waals surface area contributed by atoms with Crippen LogP contribution in [0.15, 0.2) is 66.8 Å². The number of aliphatic hydroxyl groups excluding tert-OH is 1. The van der Waals surface area contributed by atoms with Crippen LogP contribution in [-0.2, 0) is 14.3 Å². The third kappa shape index (κ3) is 9.58. The quantitative estimate of drug-likeness (QED) is 0.238. The molecule has 2 N–H and O–H groups in total. The fourth-order valence-electron chi connectivity index (χ4n) is 3.10. The summed E-state index contributed by atoms with van der Waals surface area (Å²) in [5.41, 5.74) is 0.457. The minimum atomic E-state index is -0.923. The van der Waals surface area contributed by atoms with Crippen LogP contribution < -0.4 is 10.1 Å². The van der Waals surface area contributed by atoms with E-state index in [-0.39, 0.29) is 31.4 Å². The Balaban J connectivity index is 2.13. The number of carbonyl (C=O) groups excluding carboxylic acids is 2. The van der Waals surface area contributed by atoms with Gasteiger partial charge in [-0.05, 0) is 43.2 Å². The summed E-state index contributed by atoms with van der Waals surface area (Å²) in [6, 6.07) is 9.62. The number of anilines is 1. The molecule has 7 nitrogen and oxygen atoms in total. The number of allylic oxidation sites excluding steroid dienone is 3. The molecule has 2 atom stereocenters. The molecule has 0 unspecified atom stereocenters. The Morgan fingerprint density at radius 3 is 2.51 bits per heavy atom. The summed E-state index contributed by atoms with van der Waals surface area (Å²) in [7, 11) is 0. The van der Waals surface area contributed by atoms with Crippen molar-refractivity contribution in [2.45, 2.75) is 26.4 Å². The predicted molar refractivity (Wildman–Crippen MR) is 127 cm³/mol. The highest BCUT2D eigenvalue weighted by atomic mass is 19.1. The lowest BCUT2D eigenvalue weighted by Gasteiger charge is -2.24. The Kier molecular flexibility index (Phi) is 11.4. The van der Waals surface area contributed by atoms with Crippen molar-refractivity contribution in [3.63, 3.8) is 0 Å². The summed E-state index contributed by atoms with van der Waals surface area (Å²) in [4.78, 5) is 23.9. The molecule has 2 aromatic carbocycles. The molecule has 0 aliphatic rings. The molecular weight excluding hydrogens is 460 g/mol. The smallest absolute Gasteiger partial charge is 0.412 e. The highest BCUT2D eigenvalue weighted by Gasteiger charge is 2.24. The van der Waals surface area contributed by atoms with Gasteiger partial charge in [0, 0.05) is 18.1 Å². The number of aliphatic hydroxyl groups is 1. The maximum Gasteiger partial charge on any atom is 0.412 e. The van der Waals surface area contributed by atoms with Gasteiger partial charge in [-0.25, -0.2) is 18.4 Å². The van der Waals surface area contributed by atoms with Crippen LogP contribution >= 0.6 is 0 Å². The monoisotopic (exact) mass is 489 g/mol. The number of hydrogen-bond donors (Lipinski definition) is 2. The van der Waals surface area contributed by atoms with Crippen LogP contribution in [0.4, 0.5) is 19.3 Å². The maximum atomic E-state index is 13.9. The Hall–Kier alpha value is -3.72. The van der Waals surface area contributed by atoms with Crippen molar-refractivity contribution in [3.05, 3.63) is 84.0 Å². The second-order valence-corrected chi connectivity index (χ2v) is 7.47. The van der Waals surface area contributed by atoms with Crippen molar-refractivity contribution in [3.8, 4) is 5.75 Å². The number of amides is 1. The van der Waals surface area contributed by atoms with Gasteiger partial charge in [0.1, 0.15) is 30.1 Å². The average Bonchev–Trinajstić information content (AvgIpc) is 2.83. The number of rotatable bonds is 12. The van der Waals surface area contributed by atoms with E-state index in [0.717, 1.165) is 12.1 Å². The Morgan fingerprint density at radius 1 is 1.11 bits per heavy atom. The number of ether oxygens (including phenoxy) is 3. The molecule has 9 heteroatoms. The third-order valence-electron chi connectivity index (χ3n) is 4.76.